The first-order chi connectivity index (χ1) is 10.4. The fraction of sp³-hybridized carbons (Fsp3) is 0.235. The van der Waals surface area contributed by atoms with Crippen LogP contribution in [0.2, 0.25) is 15.1 Å². The second-order valence-corrected chi connectivity index (χ2v) is 6.78. The minimum absolute atomic E-state index is 0.0284. The van der Waals surface area contributed by atoms with Gasteiger partial charge < -0.3 is 4.74 Å². The SMILES string of the molecule is COc1cc2c(c(Cl)c1Cl)C(=O)[C@@](C)(c1ccc(Cl)cc1)C2. The van der Waals surface area contributed by atoms with Gasteiger partial charge in [0.25, 0.3) is 0 Å². The summed E-state index contributed by atoms with van der Waals surface area (Å²) >= 11 is 18.4. The van der Waals surface area contributed by atoms with Gasteiger partial charge in [-0.15, -0.1) is 0 Å². The Balaban J connectivity index is 2.15. The average Bonchev–Trinajstić information content (AvgIpc) is 2.76. The molecule has 0 N–H and O–H groups in total. The van der Waals surface area contributed by atoms with Gasteiger partial charge in [-0.2, -0.15) is 0 Å². The van der Waals surface area contributed by atoms with Crippen LogP contribution in [0.4, 0.5) is 0 Å². The summed E-state index contributed by atoms with van der Waals surface area (Å²) in [5.41, 5.74) is 1.58. The second kappa shape index (κ2) is 5.45. The second-order valence-electron chi connectivity index (χ2n) is 5.59. The number of benzene rings is 2. The molecule has 0 bridgehead atoms. The molecule has 3 rings (SSSR count). The molecule has 0 spiro atoms. The van der Waals surface area contributed by atoms with Crippen molar-refractivity contribution in [1.82, 2.24) is 0 Å². The van der Waals surface area contributed by atoms with Crippen molar-refractivity contribution in [2.24, 2.45) is 0 Å². The largest absolute Gasteiger partial charge is 0.495 e. The predicted molar refractivity (Wildman–Crippen MR) is 89.9 cm³/mol. The maximum Gasteiger partial charge on any atom is 0.175 e. The molecule has 22 heavy (non-hydrogen) atoms. The molecule has 0 saturated carbocycles. The molecule has 2 aromatic rings. The van der Waals surface area contributed by atoms with E-state index in [1.807, 2.05) is 19.1 Å². The number of carbonyl (C=O) groups is 1. The van der Waals surface area contributed by atoms with Crippen molar-refractivity contribution >= 4 is 40.6 Å². The van der Waals surface area contributed by atoms with Gasteiger partial charge in [0.2, 0.25) is 0 Å². The Bertz CT molecular complexity index is 768. The Kier molecular flexibility index (Phi) is 3.88. The van der Waals surface area contributed by atoms with Gasteiger partial charge in [-0.3, -0.25) is 4.79 Å². The van der Waals surface area contributed by atoms with Crippen LogP contribution in [0.15, 0.2) is 30.3 Å². The monoisotopic (exact) mass is 354 g/mol. The van der Waals surface area contributed by atoms with Gasteiger partial charge >= 0.3 is 0 Å². The van der Waals surface area contributed by atoms with E-state index in [2.05, 4.69) is 0 Å². The summed E-state index contributed by atoms with van der Waals surface area (Å²) < 4.78 is 5.23. The van der Waals surface area contributed by atoms with Gasteiger partial charge in [0.1, 0.15) is 10.8 Å². The summed E-state index contributed by atoms with van der Waals surface area (Å²) in [5, 5.41) is 1.17. The molecule has 0 fully saturated rings. The van der Waals surface area contributed by atoms with Gasteiger partial charge in [0.15, 0.2) is 5.78 Å². The first kappa shape index (κ1) is 15.7. The highest BCUT2D eigenvalue weighted by molar-refractivity contribution is 6.45. The molecule has 0 aliphatic heterocycles. The first-order valence-electron chi connectivity index (χ1n) is 6.74. The van der Waals surface area contributed by atoms with Crippen LogP contribution >= 0.6 is 34.8 Å². The van der Waals surface area contributed by atoms with Gasteiger partial charge in [-0.05, 0) is 42.7 Å². The predicted octanol–water partition coefficient (Wildman–Crippen LogP) is 5.35. The smallest absolute Gasteiger partial charge is 0.175 e. The van der Waals surface area contributed by atoms with Crippen molar-refractivity contribution in [3.63, 3.8) is 0 Å². The highest BCUT2D eigenvalue weighted by atomic mass is 35.5. The topological polar surface area (TPSA) is 26.3 Å². The number of rotatable bonds is 2. The van der Waals surface area contributed by atoms with E-state index in [4.69, 9.17) is 39.5 Å². The van der Waals surface area contributed by atoms with E-state index in [1.54, 1.807) is 18.2 Å². The molecule has 1 aliphatic rings. The highest BCUT2D eigenvalue weighted by Crippen LogP contribution is 2.47. The maximum absolute atomic E-state index is 13.0. The van der Waals surface area contributed by atoms with Crippen molar-refractivity contribution in [2.75, 3.05) is 7.11 Å². The Morgan fingerprint density at radius 3 is 2.32 bits per heavy atom. The van der Waals surface area contributed by atoms with Crippen LogP contribution in [0.3, 0.4) is 0 Å². The summed E-state index contributed by atoms with van der Waals surface area (Å²) in [6.45, 7) is 1.91. The lowest BCUT2D eigenvalue weighted by atomic mass is 9.79. The summed E-state index contributed by atoms with van der Waals surface area (Å²) in [7, 11) is 1.53. The van der Waals surface area contributed by atoms with E-state index in [0.717, 1.165) is 11.1 Å². The molecular formula is C17H13Cl3O2. The van der Waals surface area contributed by atoms with E-state index >= 15 is 0 Å². The number of halogens is 3. The zero-order valence-electron chi connectivity index (χ0n) is 12.0. The lowest BCUT2D eigenvalue weighted by Gasteiger charge is -2.22. The molecule has 5 heteroatoms. The van der Waals surface area contributed by atoms with Crippen molar-refractivity contribution < 1.29 is 9.53 Å². The number of ether oxygens (including phenoxy) is 1. The van der Waals surface area contributed by atoms with Crippen molar-refractivity contribution in [3.05, 3.63) is 62.1 Å². The molecule has 0 saturated heterocycles. The zero-order chi connectivity index (χ0) is 16.1. The number of methoxy groups -OCH3 is 1. The molecule has 0 heterocycles. The number of hydrogen-bond donors (Lipinski definition) is 0. The molecule has 114 valence electrons. The molecule has 2 aromatic carbocycles. The summed E-state index contributed by atoms with van der Waals surface area (Å²) in [5.74, 6) is 0.456. The fourth-order valence-corrected chi connectivity index (χ4v) is 3.63. The average molecular weight is 356 g/mol. The number of Topliss-reactive ketones (excluding diaryl/α,β-unsaturated/α-hetero) is 1. The Morgan fingerprint density at radius 2 is 1.73 bits per heavy atom. The van der Waals surface area contributed by atoms with Crippen LogP contribution in [0, 0.1) is 0 Å². The molecular weight excluding hydrogens is 343 g/mol. The molecule has 1 aliphatic carbocycles. The van der Waals surface area contributed by atoms with E-state index < -0.39 is 5.41 Å². The quantitative estimate of drug-likeness (QED) is 0.725. The van der Waals surface area contributed by atoms with Gasteiger partial charge in [-0.25, -0.2) is 0 Å². The molecule has 0 radical (unpaired) electrons. The van der Waals surface area contributed by atoms with E-state index in [0.29, 0.717) is 22.8 Å². The minimum Gasteiger partial charge on any atom is -0.495 e. The van der Waals surface area contributed by atoms with Crippen molar-refractivity contribution in [1.29, 1.82) is 0 Å². The van der Waals surface area contributed by atoms with Crippen LogP contribution in [-0.2, 0) is 11.8 Å². The summed E-state index contributed by atoms with van der Waals surface area (Å²) in [4.78, 5) is 13.0. The number of carbonyl (C=O) groups excluding carboxylic acids is 1. The Morgan fingerprint density at radius 1 is 1.09 bits per heavy atom. The third-order valence-electron chi connectivity index (χ3n) is 4.23. The first-order valence-corrected chi connectivity index (χ1v) is 7.87. The third kappa shape index (κ3) is 2.21. The summed E-state index contributed by atoms with van der Waals surface area (Å²) in [6.07, 6.45) is 0.552. The Labute approximate surface area is 143 Å². The van der Waals surface area contributed by atoms with Crippen LogP contribution in [0.1, 0.15) is 28.4 Å². The fourth-order valence-electron chi connectivity index (χ4n) is 2.97. The van der Waals surface area contributed by atoms with E-state index in [-0.39, 0.29) is 15.8 Å². The van der Waals surface area contributed by atoms with Gasteiger partial charge in [-0.1, -0.05) is 46.9 Å². The van der Waals surface area contributed by atoms with E-state index in [1.165, 1.54) is 7.11 Å². The normalized spacial score (nSPS) is 20.1. The highest BCUT2D eigenvalue weighted by Gasteiger charge is 2.45. The van der Waals surface area contributed by atoms with Crippen molar-refractivity contribution in [3.8, 4) is 5.75 Å². The van der Waals surface area contributed by atoms with Gasteiger partial charge in [0.05, 0.1) is 17.5 Å². The zero-order valence-corrected chi connectivity index (χ0v) is 14.3. The standard InChI is InChI=1S/C17H13Cl3O2/c1-17(10-3-5-11(18)6-4-10)8-9-7-12(22-2)14(19)15(20)13(9)16(17)21/h3-7H,8H2,1-2H3/t17-/m1/s1. The van der Waals surface area contributed by atoms with Crippen LogP contribution in [0.5, 0.6) is 5.75 Å². The molecule has 0 amide bonds. The summed E-state index contributed by atoms with van der Waals surface area (Å²) in [6, 6.07) is 9.11. The molecule has 1 atom stereocenters. The number of ketones is 1. The molecule has 0 aromatic heterocycles. The lowest BCUT2D eigenvalue weighted by molar-refractivity contribution is 0.0915. The Hall–Kier alpha value is -1.22. The van der Waals surface area contributed by atoms with E-state index in [9.17, 15) is 4.79 Å². The minimum atomic E-state index is -0.674. The number of fused-ring (bicyclic) bond motifs is 1. The van der Waals surface area contributed by atoms with Gasteiger partial charge in [0, 0.05) is 10.6 Å². The van der Waals surface area contributed by atoms with Crippen LogP contribution in [-0.4, -0.2) is 12.9 Å². The molecule has 2 nitrogen and oxygen atoms in total. The third-order valence-corrected chi connectivity index (χ3v) is 5.33. The molecule has 0 unspecified atom stereocenters. The van der Waals surface area contributed by atoms with Crippen molar-refractivity contribution in [2.45, 2.75) is 18.8 Å². The van der Waals surface area contributed by atoms with Crippen LogP contribution < -0.4 is 4.74 Å². The lowest BCUT2D eigenvalue weighted by Crippen LogP contribution is -2.29. The van der Waals surface area contributed by atoms with Crippen LogP contribution in [0.25, 0.3) is 0 Å². The maximum atomic E-state index is 13.0. The number of hydrogen-bond acceptors (Lipinski definition) is 2.